The van der Waals surface area contributed by atoms with Gasteiger partial charge in [-0.1, -0.05) is 18.9 Å². The van der Waals surface area contributed by atoms with Crippen LogP contribution < -0.4 is 20.3 Å². The molecule has 9 heteroatoms. The van der Waals surface area contributed by atoms with Crippen LogP contribution in [0.3, 0.4) is 0 Å². The number of fused-ring (bicyclic) bond motifs is 1. The molecule has 0 radical (unpaired) electrons. The maximum absolute atomic E-state index is 12.6. The third-order valence-corrected chi connectivity index (χ3v) is 7.77. The highest BCUT2D eigenvalue weighted by Gasteiger charge is 2.33. The van der Waals surface area contributed by atoms with Gasteiger partial charge in [0.1, 0.15) is 17.9 Å². The highest BCUT2D eigenvalue weighted by Crippen LogP contribution is 2.38. The van der Waals surface area contributed by atoms with Gasteiger partial charge < -0.3 is 33.8 Å². The van der Waals surface area contributed by atoms with Gasteiger partial charge in [0, 0.05) is 47.4 Å². The fraction of sp³-hybridized carbons (Fsp3) is 0.536. The maximum Gasteiger partial charge on any atom is 0.274 e. The van der Waals surface area contributed by atoms with Crippen LogP contribution in [0.15, 0.2) is 41.5 Å². The Labute approximate surface area is 222 Å². The molecular weight excluding hydrogens is 488 g/mol. The van der Waals surface area contributed by atoms with E-state index >= 15 is 0 Å². The second-order valence-electron chi connectivity index (χ2n) is 9.85. The number of aromatic amines is 1. The second kappa shape index (κ2) is 12.4. The molecular formula is C28H38N4O4S. The van der Waals surface area contributed by atoms with Gasteiger partial charge in [-0.25, -0.2) is 0 Å². The number of nitrogens with zero attached hydrogens (tertiary/aromatic N) is 1. The Balaban J connectivity index is 1.31. The van der Waals surface area contributed by atoms with Crippen molar-refractivity contribution in [3.63, 3.8) is 0 Å². The smallest absolute Gasteiger partial charge is 0.274 e. The number of nitrogens with one attached hydrogen (secondary N) is 3. The van der Waals surface area contributed by atoms with Crippen molar-refractivity contribution in [3.8, 4) is 16.9 Å². The summed E-state index contributed by atoms with van der Waals surface area (Å²) in [7, 11) is 1.78. The third kappa shape index (κ3) is 6.52. The molecule has 0 bridgehead atoms. The molecule has 200 valence electrons. The molecule has 2 fully saturated rings. The van der Waals surface area contributed by atoms with E-state index in [0.717, 1.165) is 59.6 Å². The molecule has 0 amide bonds. The van der Waals surface area contributed by atoms with E-state index in [0.29, 0.717) is 37.4 Å². The van der Waals surface area contributed by atoms with Crippen molar-refractivity contribution in [3.05, 3.63) is 47.0 Å². The van der Waals surface area contributed by atoms with Crippen LogP contribution in [-0.4, -0.2) is 60.4 Å². The first-order valence-electron chi connectivity index (χ1n) is 13.4. The van der Waals surface area contributed by atoms with Gasteiger partial charge in [0.15, 0.2) is 0 Å². The molecule has 3 heterocycles. The molecule has 1 saturated carbocycles. The summed E-state index contributed by atoms with van der Waals surface area (Å²) >= 11 is 1.65. The molecule has 1 unspecified atom stereocenters. The highest BCUT2D eigenvalue weighted by molar-refractivity contribution is 8.00. The molecule has 1 aliphatic heterocycles. The first-order chi connectivity index (χ1) is 18.1. The summed E-state index contributed by atoms with van der Waals surface area (Å²) in [4.78, 5) is 15.7. The molecule has 2 aliphatic rings. The largest absolute Gasteiger partial charge is 0.490 e. The minimum absolute atomic E-state index is 0.0454. The van der Waals surface area contributed by atoms with Crippen molar-refractivity contribution in [1.29, 1.82) is 0 Å². The minimum atomic E-state index is -0.0454. The molecule has 1 aromatic carbocycles. The van der Waals surface area contributed by atoms with Crippen molar-refractivity contribution >= 4 is 28.5 Å². The Hall–Kier alpha value is -2.46. The number of hydrogen-bond acceptors (Lipinski definition) is 7. The summed E-state index contributed by atoms with van der Waals surface area (Å²) in [6.45, 7) is 5.87. The second-order valence-corrected chi connectivity index (χ2v) is 10.9. The SMILES string of the molecule is CCSNc1ccc(OCC(OCCOC2CCNCC2)C2CC2)c(-c2cn(C)c(=O)c3[nH]ccc23)c1. The number of anilines is 1. The fourth-order valence-electron chi connectivity index (χ4n) is 4.91. The maximum atomic E-state index is 12.6. The van der Waals surface area contributed by atoms with E-state index in [1.54, 1.807) is 23.6 Å². The van der Waals surface area contributed by atoms with Crippen LogP contribution in [0.5, 0.6) is 5.75 Å². The van der Waals surface area contributed by atoms with Crippen LogP contribution in [-0.2, 0) is 16.5 Å². The lowest BCUT2D eigenvalue weighted by molar-refractivity contribution is -0.0469. The lowest BCUT2D eigenvalue weighted by Gasteiger charge is -2.24. The van der Waals surface area contributed by atoms with E-state index in [2.05, 4.69) is 28.0 Å². The van der Waals surface area contributed by atoms with Crippen molar-refractivity contribution in [2.45, 2.75) is 44.8 Å². The average Bonchev–Trinajstić information content (AvgIpc) is 3.65. The number of H-pyrrole nitrogens is 1. The molecule has 37 heavy (non-hydrogen) atoms. The molecule has 2 aromatic heterocycles. The van der Waals surface area contributed by atoms with Crippen LogP contribution in [0.1, 0.15) is 32.6 Å². The molecule has 1 aliphatic carbocycles. The first kappa shape index (κ1) is 26.2. The average molecular weight is 527 g/mol. The van der Waals surface area contributed by atoms with Crippen molar-refractivity contribution in [2.75, 3.05) is 43.4 Å². The van der Waals surface area contributed by atoms with E-state index in [1.165, 1.54) is 12.8 Å². The van der Waals surface area contributed by atoms with Gasteiger partial charge in [-0.3, -0.25) is 4.79 Å². The normalized spacial score (nSPS) is 17.2. The first-order valence-corrected chi connectivity index (χ1v) is 14.4. The number of hydrogen-bond donors (Lipinski definition) is 3. The van der Waals surface area contributed by atoms with Crippen LogP contribution in [0.2, 0.25) is 0 Å². The zero-order chi connectivity index (χ0) is 25.6. The Kier molecular flexibility index (Phi) is 8.76. The van der Waals surface area contributed by atoms with Crippen LogP contribution in [0, 0.1) is 5.92 Å². The van der Waals surface area contributed by atoms with Gasteiger partial charge >= 0.3 is 0 Å². The lowest BCUT2D eigenvalue weighted by atomic mass is 10.0. The summed E-state index contributed by atoms with van der Waals surface area (Å²) in [6, 6.07) is 8.11. The molecule has 3 aromatic rings. The monoisotopic (exact) mass is 526 g/mol. The van der Waals surface area contributed by atoms with Gasteiger partial charge in [0.05, 0.1) is 25.4 Å². The Morgan fingerprint density at radius 1 is 1.14 bits per heavy atom. The molecule has 1 saturated heterocycles. The van der Waals surface area contributed by atoms with Crippen LogP contribution >= 0.6 is 11.9 Å². The summed E-state index contributed by atoms with van der Waals surface area (Å²) in [5.74, 6) is 2.28. The number of benzene rings is 1. The van der Waals surface area contributed by atoms with Gasteiger partial charge in [0.25, 0.3) is 5.56 Å². The Morgan fingerprint density at radius 3 is 2.76 bits per heavy atom. The summed E-state index contributed by atoms with van der Waals surface area (Å²) in [6.07, 6.45) is 8.59. The number of aromatic nitrogens is 2. The van der Waals surface area contributed by atoms with Gasteiger partial charge in [-0.05, 0) is 69.0 Å². The van der Waals surface area contributed by atoms with E-state index in [1.807, 2.05) is 30.6 Å². The summed E-state index contributed by atoms with van der Waals surface area (Å²) in [5, 5.41) is 4.26. The van der Waals surface area contributed by atoms with Crippen LogP contribution in [0.25, 0.3) is 22.0 Å². The van der Waals surface area contributed by atoms with Gasteiger partial charge in [-0.2, -0.15) is 0 Å². The van der Waals surface area contributed by atoms with Crippen molar-refractivity contribution < 1.29 is 14.2 Å². The molecule has 0 spiro atoms. The number of piperidine rings is 1. The minimum Gasteiger partial charge on any atom is -0.490 e. The number of rotatable bonds is 13. The molecule has 1 atom stereocenters. The Morgan fingerprint density at radius 2 is 1.97 bits per heavy atom. The van der Waals surface area contributed by atoms with Gasteiger partial charge in [-0.15, -0.1) is 0 Å². The number of aryl methyl sites for hydroxylation is 1. The Bertz CT molecular complexity index is 1230. The van der Waals surface area contributed by atoms with E-state index in [-0.39, 0.29) is 11.7 Å². The van der Waals surface area contributed by atoms with E-state index < -0.39 is 0 Å². The predicted molar refractivity (Wildman–Crippen MR) is 151 cm³/mol. The summed E-state index contributed by atoms with van der Waals surface area (Å²) < 4.78 is 23.8. The fourth-order valence-corrected chi connectivity index (χ4v) is 5.34. The number of ether oxygens (including phenoxy) is 3. The van der Waals surface area contributed by atoms with Crippen LogP contribution in [0.4, 0.5) is 5.69 Å². The van der Waals surface area contributed by atoms with E-state index in [9.17, 15) is 4.79 Å². The zero-order valence-electron chi connectivity index (χ0n) is 21.8. The third-order valence-electron chi connectivity index (χ3n) is 7.10. The van der Waals surface area contributed by atoms with Crippen molar-refractivity contribution in [2.24, 2.45) is 13.0 Å². The predicted octanol–water partition coefficient (Wildman–Crippen LogP) is 4.56. The topological polar surface area (TPSA) is 89.5 Å². The van der Waals surface area contributed by atoms with E-state index in [4.69, 9.17) is 14.2 Å². The van der Waals surface area contributed by atoms with Crippen molar-refractivity contribution in [1.82, 2.24) is 14.9 Å². The quantitative estimate of drug-likeness (QED) is 0.222. The molecule has 3 N–H and O–H groups in total. The standard InChI is InChI=1S/C28H38N4O4S/c1-3-37-31-20-6-7-25(23(16-20)24-17-32(2)28(33)27-22(24)10-13-30-27)36-18-26(19-4-5-19)35-15-14-34-21-8-11-29-12-9-21/h6-7,10,13,16-17,19,21,26,29-31H,3-5,8-9,11-12,14-15,18H2,1-2H3. The highest BCUT2D eigenvalue weighted by atomic mass is 32.2. The molecule has 5 rings (SSSR count). The van der Waals surface area contributed by atoms with Gasteiger partial charge in [0.2, 0.25) is 0 Å². The lowest BCUT2D eigenvalue weighted by Crippen LogP contribution is -2.33. The number of pyridine rings is 1. The molecule has 8 nitrogen and oxygen atoms in total. The zero-order valence-corrected chi connectivity index (χ0v) is 22.6. The summed E-state index contributed by atoms with van der Waals surface area (Å²) in [5.41, 5.74) is 3.45.